The molecule has 1 aromatic heterocycles. The lowest BCUT2D eigenvalue weighted by Gasteiger charge is -2.15. The number of amides is 1. The number of nitrogens with one attached hydrogen (secondary N) is 1. The minimum atomic E-state index is -4.44. The van der Waals surface area contributed by atoms with Gasteiger partial charge in [-0.15, -0.1) is 0 Å². The summed E-state index contributed by atoms with van der Waals surface area (Å²) in [5.41, 5.74) is -0.840. The molecule has 0 aliphatic rings. The van der Waals surface area contributed by atoms with Gasteiger partial charge in [0.25, 0.3) is 0 Å². The number of carbonyl (C=O) groups is 1. The second kappa shape index (κ2) is 9.39. The molecule has 0 atom stereocenters. The van der Waals surface area contributed by atoms with Gasteiger partial charge in [-0.3, -0.25) is 4.79 Å². The average Bonchev–Trinajstić information content (AvgIpc) is 2.56. The van der Waals surface area contributed by atoms with Gasteiger partial charge in [0, 0.05) is 26.3 Å². The van der Waals surface area contributed by atoms with Crippen molar-refractivity contribution in [1.82, 2.24) is 14.6 Å². The molecule has 0 saturated heterocycles. The summed E-state index contributed by atoms with van der Waals surface area (Å²) in [4.78, 5) is 15.3. The molecule has 1 amide bonds. The Labute approximate surface area is 149 Å². The summed E-state index contributed by atoms with van der Waals surface area (Å²) in [6.45, 7) is 2.16. The van der Waals surface area contributed by atoms with E-state index in [4.69, 9.17) is 0 Å². The monoisotopic (exact) mass is 399 g/mol. The average molecular weight is 399 g/mol. The van der Waals surface area contributed by atoms with Gasteiger partial charge in [0.05, 0.1) is 22.1 Å². The standard InChI is InChI=1S/C14H20F3N3O3S2/c1-3-25(22,23)20(2)8-4-7-18-12(21)10-24-13-6-5-11(9-19-13)14(15,16)17/h5-6,9H,3-4,7-8,10H2,1-2H3,(H,18,21). The van der Waals surface area contributed by atoms with Crippen molar-refractivity contribution < 1.29 is 26.4 Å². The van der Waals surface area contributed by atoms with Crippen LogP contribution in [0.4, 0.5) is 13.2 Å². The number of aromatic nitrogens is 1. The highest BCUT2D eigenvalue weighted by molar-refractivity contribution is 7.99. The zero-order chi connectivity index (χ0) is 19.1. The summed E-state index contributed by atoms with van der Waals surface area (Å²) in [5, 5.41) is 2.94. The molecular formula is C14H20F3N3O3S2. The lowest BCUT2D eigenvalue weighted by Crippen LogP contribution is -2.32. The fraction of sp³-hybridized carbons (Fsp3) is 0.571. The van der Waals surface area contributed by atoms with Crippen LogP contribution in [0.2, 0.25) is 0 Å². The van der Waals surface area contributed by atoms with Crippen LogP contribution in [-0.2, 0) is 21.0 Å². The van der Waals surface area contributed by atoms with Gasteiger partial charge in [0.15, 0.2) is 0 Å². The maximum Gasteiger partial charge on any atom is 0.417 e. The Morgan fingerprint density at radius 3 is 2.56 bits per heavy atom. The zero-order valence-corrected chi connectivity index (χ0v) is 15.5. The van der Waals surface area contributed by atoms with Crippen LogP contribution in [0.1, 0.15) is 18.9 Å². The van der Waals surface area contributed by atoms with Crippen LogP contribution in [0.5, 0.6) is 0 Å². The number of pyridine rings is 1. The Morgan fingerprint density at radius 1 is 1.36 bits per heavy atom. The van der Waals surface area contributed by atoms with Crippen molar-refractivity contribution in [3.8, 4) is 0 Å². The molecule has 142 valence electrons. The molecule has 0 aliphatic heterocycles. The molecule has 0 fully saturated rings. The topological polar surface area (TPSA) is 79.4 Å². The van der Waals surface area contributed by atoms with Gasteiger partial charge in [0.1, 0.15) is 0 Å². The van der Waals surface area contributed by atoms with E-state index < -0.39 is 21.8 Å². The summed E-state index contributed by atoms with van der Waals surface area (Å²) >= 11 is 1.02. The number of carbonyl (C=O) groups excluding carboxylic acids is 1. The molecule has 0 radical (unpaired) electrons. The van der Waals surface area contributed by atoms with E-state index in [1.54, 1.807) is 6.92 Å². The van der Waals surface area contributed by atoms with Crippen LogP contribution >= 0.6 is 11.8 Å². The quantitative estimate of drug-likeness (QED) is 0.507. The van der Waals surface area contributed by atoms with Crippen LogP contribution in [-0.4, -0.2) is 55.3 Å². The van der Waals surface area contributed by atoms with E-state index in [1.807, 2.05) is 0 Å². The molecule has 6 nitrogen and oxygen atoms in total. The molecule has 0 saturated carbocycles. The first-order chi connectivity index (χ1) is 11.6. The molecule has 1 rings (SSSR count). The number of rotatable bonds is 9. The highest BCUT2D eigenvalue weighted by atomic mass is 32.2. The largest absolute Gasteiger partial charge is 0.417 e. The van der Waals surface area contributed by atoms with E-state index in [0.717, 1.165) is 24.0 Å². The second-order valence-electron chi connectivity index (χ2n) is 5.10. The molecule has 0 bridgehead atoms. The number of nitrogens with zero attached hydrogens (tertiary/aromatic N) is 2. The molecule has 25 heavy (non-hydrogen) atoms. The molecule has 1 aromatic rings. The summed E-state index contributed by atoms with van der Waals surface area (Å²) in [5.74, 6) is -0.263. The maximum absolute atomic E-state index is 12.4. The fourth-order valence-electron chi connectivity index (χ4n) is 1.71. The molecule has 1 heterocycles. The van der Waals surface area contributed by atoms with Gasteiger partial charge in [-0.1, -0.05) is 11.8 Å². The lowest BCUT2D eigenvalue weighted by atomic mass is 10.3. The number of hydrogen-bond acceptors (Lipinski definition) is 5. The van der Waals surface area contributed by atoms with Crippen LogP contribution in [0.15, 0.2) is 23.4 Å². The van der Waals surface area contributed by atoms with Gasteiger partial charge in [-0.05, 0) is 25.5 Å². The van der Waals surface area contributed by atoms with Crippen molar-refractivity contribution >= 4 is 27.7 Å². The van der Waals surface area contributed by atoms with Crippen molar-refractivity contribution in [2.45, 2.75) is 24.5 Å². The Hall–Kier alpha value is -1.33. The first-order valence-corrected chi connectivity index (χ1v) is 10.0. The highest BCUT2D eigenvalue weighted by Gasteiger charge is 2.30. The van der Waals surface area contributed by atoms with Crippen molar-refractivity contribution in [3.05, 3.63) is 23.9 Å². The molecule has 0 aromatic carbocycles. The Morgan fingerprint density at radius 2 is 2.04 bits per heavy atom. The molecule has 0 aliphatic carbocycles. The minimum absolute atomic E-state index is 0.0153. The normalized spacial score (nSPS) is 12.4. The van der Waals surface area contributed by atoms with Crippen molar-refractivity contribution in [2.24, 2.45) is 0 Å². The molecule has 1 N–H and O–H groups in total. The van der Waals surface area contributed by atoms with Crippen LogP contribution in [0.25, 0.3) is 0 Å². The summed E-state index contributed by atoms with van der Waals surface area (Å²) in [6.07, 6.45) is -3.25. The predicted octanol–water partition coefficient (Wildman–Crippen LogP) is 1.98. The molecule has 0 spiro atoms. The first-order valence-electron chi connectivity index (χ1n) is 7.43. The highest BCUT2D eigenvalue weighted by Crippen LogP contribution is 2.29. The lowest BCUT2D eigenvalue weighted by molar-refractivity contribution is -0.137. The van der Waals surface area contributed by atoms with Crippen molar-refractivity contribution in [2.75, 3.05) is 31.6 Å². The molecule has 11 heteroatoms. The zero-order valence-electron chi connectivity index (χ0n) is 13.8. The van der Waals surface area contributed by atoms with Gasteiger partial charge >= 0.3 is 6.18 Å². The van der Waals surface area contributed by atoms with E-state index in [2.05, 4.69) is 10.3 Å². The van der Waals surface area contributed by atoms with E-state index in [1.165, 1.54) is 17.4 Å². The van der Waals surface area contributed by atoms with Gasteiger partial charge in [-0.25, -0.2) is 17.7 Å². The van der Waals surface area contributed by atoms with Crippen LogP contribution in [0.3, 0.4) is 0 Å². The number of halogens is 3. The van der Waals surface area contributed by atoms with Crippen LogP contribution in [0, 0.1) is 0 Å². The third-order valence-electron chi connectivity index (χ3n) is 3.23. The number of alkyl halides is 3. The van der Waals surface area contributed by atoms with Gasteiger partial charge < -0.3 is 5.32 Å². The summed E-state index contributed by atoms with van der Waals surface area (Å²) < 4.78 is 61.5. The first kappa shape index (κ1) is 21.7. The van der Waals surface area contributed by atoms with E-state index in [0.29, 0.717) is 24.5 Å². The van der Waals surface area contributed by atoms with Crippen molar-refractivity contribution in [3.63, 3.8) is 0 Å². The van der Waals surface area contributed by atoms with E-state index >= 15 is 0 Å². The molecular weight excluding hydrogens is 379 g/mol. The SMILES string of the molecule is CCS(=O)(=O)N(C)CCCNC(=O)CSc1ccc(C(F)(F)F)cn1. The van der Waals surface area contributed by atoms with E-state index in [-0.39, 0.29) is 17.4 Å². The predicted molar refractivity (Wildman–Crippen MR) is 89.7 cm³/mol. The second-order valence-corrected chi connectivity index (χ2v) is 8.46. The summed E-state index contributed by atoms with van der Waals surface area (Å²) in [6, 6.07) is 2.13. The third-order valence-corrected chi connectivity index (χ3v) is 6.03. The number of hydrogen-bond donors (Lipinski definition) is 1. The Balaban J connectivity index is 2.29. The van der Waals surface area contributed by atoms with Crippen molar-refractivity contribution in [1.29, 1.82) is 0 Å². The number of sulfonamides is 1. The van der Waals surface area contributed by atoms with Crippen LogP contribution < -0.4 is 5.32 Å². The smallest absolute Gasteiger partial charge is 0.355 e. The number of thioether (sulfide) groups is 1. The third kappa shape index (κ3) is 7.61. The minimum Gasteiger partial charge on any atom is -0.355 e. The fourth-order valence-corrected chi connectivity index (χ4v) is 3.23. The summed E-state index contributed by atoms with van der Waals surface area (Å²) in [7, 11) is -1.75. The molecule has 0 unspecified atom stereocenters. The van der Waals surface area contributed by atoms with Gasteiger partial charge in [-0.2, -0.15) is 13.2 Å². The van der Waals surface area contributed by atoms with Gasteiger partial charge in [0.2, 0.25) is 15.9 Å². The Bertz CT molecular complexity index is 664. The maximum atomic E-state index is 12.4. The Kier molecular flexibility index (Phi) is 8.16. The van der Waals surface area contributed by atoms with E-state index in [9.17, 15) is 26.4 Å².